The SMILES string of the molecule is COc1ccc(CCN2CCN(C(C)C(=O)Nc3sc4c(c3C#N)CCCCC4)CC2)cc1. The number of thiophene rings is 1. The number of anilines is 1. The van der Waals surface area contributed by atoms with E-state index >= 15 is 0 Å². The van der Waals surface area contributed by atoms with Crippen molar-refractivity contribution >= 4 is 22.2 Å². The van der Waals surface area contributed by atoms with E-state index in [4.69, 9.17) is 4.74 Å². The van der Waals surface area contributed by atoms with Crippen molar-refractivity contribution in [1.82, 2.24) is 9.80 Å². The Balaban J connectivity index is 1.27. The van der Waals surface area contributed by atoms with Gasteiger partial charge >= 0.3 is 0 Å². The first-order chi connectivity index (χ1) is 16.1. The zero-order valence-corrected chi connectivity index (χ0v) is 20.5. The van der Waals surface area contributed by atoms with E-state index in [0.717, 1.165) is 69.2 Å². The van der Waals surface area contributed by atoms with Gasteiger partial charge in [-0.05, 0) is 62.3 Å². The molecule has 33 heavy (non-hydrogen) atoms. The second-order valence-corrected chi connectivity index (χ2v) is 10.1. The third-order valence-electron chi connectivity index (χ3n) is 6.98. The molecule has 1 unspecified atom stereocenters. The van der Waals surface area contributed by atoms with Gasteiger partial charge in [0, 0.05) is 37.6 Å². The van der Waals surface area contributed by atoms with Gasteiger partial charge in [-0.25, -0.2) is 0 Å². The van der Waals surface area contributed by atoms with Crippen LogP contribution in [0, 0.1) is 11.3 Å². The third-order valence-corrected chi connectivity index (χ3v) is 8.19. The summed E-state index contributed by atoms with van der Waals surface area (Å²) in [5, 5.41) is 13.6. The lowest BCUT2D eigenvalue weighted by Gasteiger charge is -2.37. The summed E-state index contributed by atoms with van der Waals surface area (Å²) in [6, 6.07) is 10.4. The van der Waals surface area contributed by atoms with Crippen molar-refractivity contribution in [1.29, 1.82) is 5.26 Å². The lowest BCUT2D eigenvalue weighted by atomic mass is 10.1. The summed E-state index contributed by atoms with van der Waals surface area (Å²) in [6.07, 6.45) is 6.52. The number of benzene rings is 1. The molecule has 0 spiro atoms. The van der Waals surface area contributed by atoms with Crippen LogP contribution in [0.3, 0.4) is 0 Å². The van der Waals surface area contributed by atoms with Gasteiger partial charge in [-0.1, -0.05) is 18.6 Å². The fourth-order valence-electron chi connectivity index (χ4n) is 4.78. The number of fused-ring (bicyclic) bond motifs is 1. The predicted molar refractivity (Wildman–Crippen MR) is 133 cm³/mol. The number of piperazine rings is 1. The zero-order chi connectivity index (χ0) is 23.2. The number of methoxy groups -OCH3 is 1. The lowest BCUT2D eigenvalue weighted by Crippen LogP contribution is -2.53. The molecule has 2 aliphatic rings. The van der Waals surface area contributed by atoms with Crippen LogP contribution in [0.4, 0.5) is 5.00 Å². The fraction of sp³-hybridized carbons (Fsp3) is 0.538. The highest BCUT2D eigenvalue weighted by atomic mass is 32.1. The molecule has 176 valence electrons. The van der Waals surface area contributed by atoms with Gasteiger partial charge in [0.25, 0.3) is 0 Å². The average Bonchev–Trinajstić information content (AvgIpc) is 3.01. The quantitative estimate of drug-likeness (QED) is 0.623. The maximum atomic E-state index is 13.0. The molecule has 7 heteroatoms. The number of aryl methyl sites for hydroxylation is 1. The highest BCUT2D eigenvalue weighted by Crippen LogP contribution is 2.37. The first kappa shape index (κ1) is 23.7. The Bertz CT molecular complexity index is 987. The van der Waals surface area contributed by atoms with E-state index in [1.165, 1.54) is 28.8 Å². The summed E-state index contributed by atoms with van der Waals surface area (Å²) in [5.41, 5.74) is 3.18. The smallest absolute Gasteiger partial charge is 0.242 e. The van der Waals surface area contributed by atoms with Crippen LogP contribution in [-0.2, 0) is 24.1 Å². The Morgan fingerprint density at radius 1 is 1.15 bits per heavy atom. The number of carbonyl (C=O) groups is 1. The Morgan fingerprint density at radius 2 is 1.88 bits per heavy atom. The Hall–Kier alpha value is -2.40. The molecule has 1 aromatic carbocycles. The Labute approximate surface area is 201 Å². The lowest BCUT2D eigenvalue weighted by molar-refractivity contribution is -0.121. The van der Waals surface area contributed by atoms with Gasteiger partial charge in [-0.2, -0.15) is 5.26 Å². The molecule has 2 aromatic rings. The van der Waals surface area contributed by atoms with Crippen LogP contribution >= 0.6 is 11.3 Å². The van der Waals surface area contributed by atoms with Gasteiger partial charge in [0.05, 0.1) is 18.7 Å². The van der Waals surface area contributed by atoms with E-state index in [0.29, 0.717) is 5.56 Å². The van der Waals surface area contributed by atoms with Gasteiger partial charge in [0.1, 0.15) is 16.8 Å². The summed E-state index contributed by atoms with van der Waals surface area (Å²) in [6.45, 7) is 6.68. The minimum absolute atomic E-state index is 0.00501. The molecule has 0 radical (unpaired) electrons. The molecular weight excluding hydrogens is 432 g/mol. The van der Waals surface area contributed by atoms with Gasteiger partial charge in [-0.15, -0.1) is 11.3 Å². The summed E-state index contributed by atoms with van der Waals surface area (Å²) in [4.78, 5) is 19.0. The van der Waals surface area contributed by atoms with E-state index in [9.17, 15) is 10.1 Å². The summed E-state index contributed by atoms with van der Waals surface area (Å²) < 4.78 is 5.23. The van der Waals surface area contributed by atoms with Crippen LogP contribution < -0.4 is 10.1 Å². The van der Waals surface area contributed by atoms with Crippen molar-refractivity contribution < 1.29 is 9.53 Å². The Morgan fingerprint density at radius 3 is 2.58 bits per heavy atom. The highest BCUT2D eigenvalue weighted by Gasteiger charge is 2.27. The molecule has 6 nitrogen and oxygen atoms in total. The number of hydrogen-bond donors (Lipinski definition) is 1. The Kier molecular flexibility index (Phi) is 8.02. The van der Waals surface area contributed by atoms with Gasteiger partial charge < -0.3 is 15.0 Å². The summed E-state index contributed by atoms with van der Waals surface area (Å²) in [5.74, 6) is 0.884. The van der Waals surface area contributed by atoms with E-state index in [1.807, 2.05) is 19.1 Å². The van der Waals surface area contributed by atoms with Crippen molar-refractivity contribution in [2.75, 3.05) is 45.2 Å². The van der Waals surface area contributed by atoms with Gasteiger partial charge in [0.15, 0.2) is 0 Å². The monoisotopic (exact) mass is 466 g/mol. The number of amides is 1. The first-order valence-corrected chi connectivity index (χ1v) is 12.9. The molecule has 0 bridgehead atoms. The maximum Gasteiger partial charge on any atom is 0.242 e. The fourth-order valence-corrected chi connectivity index (χ4v) is 6.03. The molecule has 1 amide bonds. The largest absolute Gasteiger partial charge is 0.497 e. The standard InChI is InChI=1S/C26H34N4O2S/c1-19(25(31)28-26-23(18-27)22-6-4-3-5-7-24(22)33-26)30-16-14-29(15-17-30)13-12-20-8-10-21(32-2)11-9-20/h8-11,19H,3-7,12-17H2,1-2H3,(H,28,31). The molecule has 1 N–H and O–H groups in total. The normalized spacial score (nSPS) is 18.1. The van der Waals surface area contributed by atoms with Crippen molar-refractivity contribution in [3.63, 3.8) is 0 Å². The number of ether oxygens (including phenoxy) is 1. The van der Waals surface area contributed by atoms with Crippen LogP contribution in [0.1, 0.15) is 47.8 Å². The van der Waals surface area contributed by atoms with Crippen molar-refractivity contribution in [2.45, 2.75) is 51.5 Å². The summed E-state index contributed by atoms with van der Waals surface area (Å²) >= 11 is 1.61. The minimum Gasteiger partial charge on any atom is -0.497 e. The third kappa shape index (κ3) is 5.75. The molecule has 1 aromatic heterocycles. The van der Waals surface area contributed by atoms with Gasteiger partial charge in [-0.3, -0.25) is 9.69 Å². The number of carbonyl (C=O) groups excluding carboxylic acids is 1. The molecule has 1 saturated heterocycles. The van der Waals surface area contributed by atoms with Crippen LogP contribution in [0.25, 0.3) is 0 Å². The first-order valence-electron chi connectivity index (χ1n) is 12.0. The van der Waals surface area contributed by atoms with Crippen molar-refractivity contribution in [3.8, 4) is 11.8 Å². The zero-order valence-electron chi connectivity index (χ0n) is 19.7. The van der Waals surface area contributed by atoms with Crippen molar-refractivity contribution in [3.05, 3.63) is 45.8 Å². The molecule has 1 atom stereocenters. The second kappa shape index (κ2) is 11.1. The average molecular weight is 467 g/mol. The van der Waals surface area contributed by atoms with E-state index in [2.05, 4.69) is 33.3 Å². The molecule has 4 rings (SSSR count). The molecule has 1 aliphatic heterocycles. The van der Waals surface area contributed by atoms with E-state index in [1.54, 1.807) is 18.4 Å². The molecular formula is C26H34N4O2S. The number of nitrogens with one attached hydrogen (secondary N) is 1. The number of rotatable bonds is 7. The molecule has 2 heterocycles. The number of hydrogen-bond acceptors (Lipinski definition) is 6. The van der Waals surface area contributed by atoms with Gasteiger partial charge in [0.2, 0.25) is 5.91 Å². The topological polar surface area (TPSA) is 68.6 Å². The summed E-state index contributed by atoms with van der Waals surface area (Å²) in [7, 11) is 1.69. The number of nitrogens with zero attached hydrogens (tertiary/aromatic N) is 3. The number of nitriles is 1. The van der Waals surface area contributed by atoms with Crippen molar-refractivity contribution in [2.24, 2.45) is 0 Å². The van der Waals surface area contributed by atoms with Crippen LogP contribution in [0.2, 0.25) is 0 Å². The minimum atomic E-state index is -0.206. The van der Waals surface area contributed by atoms with E-state index < -0.39 is 0 Å². The highest BCUT2D eigenvalue weighted by molar-refractivity contribution is 7.16. The van der Waals surface area contributed by atoms with E-state index in [-0.39, 0.29) is 11.9 Å². The van der Waals surface area contributed by atoms with Crippen LogP contribution in [0.5, 0.6) is 5.75 Å². The molecule has 1 fully saturated rings. The van der Waals surface area contributed by atoms with Crippen LogP contribution in [-0.4, -0.2) is 61.6 Å². The second-order valence-electron chi connectivity index (χ2n) is 9.02. The molecule has 1 aliphatic carbocycles. The molecule has 0 saturated carbocycles. The predicted octanol–water partition coefficient (Wildman–Crippen LogP) is 4.08. The van der Waals surface area contributed by atoms with Crippen LogP contribution in [0.15, 0.2) is 24.3 Å². The maximum absolute atomic E-state index is 13.0.